The van der Waals surface area contributed by atoms with Gasteiger partial charge in [0, 0.05) is 25.0 Å². The molecule has 3 nitrogen and oxygen atoms in total. The van der Waals surface area contributed by atoms with Gasteiger partial charge in [-0.2, -0.15) is 5.10 Å². The van der Waals surface area contributed by atoms with E-state index in [4.69, 9.17) is 0 Å². The van der Waals surface area contributed by atoms with Crippen molar-refractivity contribution >= 4 is 21.6 Å². The third kappa shape index (κ3) is 2.43. The molecule has 1 aromatic carbocycles. The largest absolute Gasteiger partial charge is 0.372 e. The zero-order valence-corrected chi connectivity index (χ0v) is 11.8. The molecule has 94 valence electrons. The maximum absolute atomic E-state index is 4.34. The van der Waals surface area contributed by atoms with E-state index in [1.54, 1.807) is 0 Å². The van der Waals surface area contributed by atoms with E-state index in [1.807, 2.05) is 16.9 Å². The molecule has 1 aromatic heterocycles. The standard InChI is InChI=1S/C14H16BrN3/c15-14-8-11-18(16-14)13-6-4-12(5-7-13)17-9-2-1-3-10-17/h4-8,11H,1-3,9-10H2. The van der Waals surface area contributed by atoms with Gasteiger partial charge in [0.05, 0.1) is 5.69 Å². The van der Waals surface area contributed by atoms with Crippen LogP contribution >= 0.6 is 15.9 Å². The van der Waals surface area contributed by atoms with Crippen LogP contribution in [0.5, 0.6) is 0 Å². The SMILES string of the molecule is Brc1ccn(-c2ccc(N3CCCCC3)cc2)n1. The normalized spacial score (nSPS) is 15.9. The highest BCUT2D eigenvalue weighted by molar-refractivity contribution is 9.10. The molecule has 18 heavy (non-hydrogen) atoms. The fraction of sp³-hybridized carbons (Fsp3) is 0.357. The predicted octanol–water partition coefficient (Wildman–Crippen LogP) is 3.63. The highest BCUT2D eigenvalue weighted by Crippen LogP contribution is 2.21. The summed E-state index contributed by atoms with van der Waals surface area (Å²) in [5.41, 5.74) is 2.42. The number of aromatic nitrogens is 2. The fourth-order valence-corrected chi connectivity index (χ4v) is 2.70. The summed E-state index contributed by atoms with van der Waals surface area (Å²) in [5.74, 6) is 0. The minimum absolute atomic E-state index is 0.864. The van der Waals surface area contributed by atoms with Crippen LogP contribution in [-0.2, 0) is 0 Å². The first-order chi connectivity index (χ1) is 8.83. The molecular formula is C14H16BrN3. The first-order valence-corrected chi connectivity index (χ1v) is 7.19. The Morgan fingerprint density at radius 3 is 2.17 bits per heavy atom. The Labute approximate surface area is 116 Å². The number of benzene rings is 1. The first-order valence-electron chi connectivity index (χ1n) is 6.39. The van der Waals surface area contributed by atoms with Gasteiger partial charge in [0.1, 0.15) is 4.60 Å². The van der Waals surface area contributed by atoms with Crippen molar-refractivity contribution in [1.82, 2.24) is 9.78 Å². The monoisotopic (exact) mass is 305 g/mol. The topological polar surface area (TPSA) is 21.1 Å². The molecule has 0 atom stereocenters. The van der Waals surface area contributed by atoms with Crippen LogP contribution in [0.4, 0.5) is 5.69 Å². The number of nitrogens with zero attached hydrogens (tertiary/aromatic N) is 3. The Hall–Kier alpha value is -1.29. The molecule has 1 fully saturated rings. The van der Waals surface area contributed by atoms with Crippen molar-refractivity contribution in [2.75, 3.05) is 18.0 Å². The predicted molar refractivity (Wildman–Crippen MR) is 77.3 cm³/mol. The van der Waals surface area contributed by atoms with Crippen molar-refractivity contribution in [2.24, 2.45) is 0 Å². The van der Waals surface area contributed by atoms with Crippen molar-refractivity contribution in [2.45, 2.75) is 19.3 Å². The molecule has 0 radical (unpaired) electrons. The van der Waals surface area contributed by atoms with E-state index in [9.17, 15) is 0 Å². The molecule has 0 spiro atoms. The summed E-state index contributed by atoms with van der Waals surface area (Å²) in [4.78, 5) is 2.46. The lowest BCUT2D eigenvalue weighted by Gasteiger charge is -2.28. The quantitative estimate of drug-likeness (QED) is 0.845. The van der Waals surface area contributed by atoms with Crippen molar-refractivity contribution in [3.8, 4) is 5.69 Å². The third-order valence-corrected chi connectivity index (χ3v) is 3.81. The lowest BCUT2D eigenvalue weighted by atomic mass is 10.1. The van der Waals surface area contributed by atoms with Gasteiger partial charge in [-0.25, -0.2) is 4.68 Å². The summed E-state index contributed by atoms with van der Waals surface area (Å²) in [7, 11) is 0. The second-order valence-electron chi connectivity index (χ2n) is 4.65. The van der Waals surface area contributed by atoms with Gasteiger partial charge in [-0.15, -0.1) is 0 Å². The van der Waals surface area contributed by atoms with Crippen molar-refractivity contribution in [3.05, 3.63) is 41.1 Å². The second kappa shape index (κ2) is 5.14. The summed E-state index contributed by atoms with van der Waals surface area (Å²) in [6.07, 6.45) is 5.96. The van der Waals surface area contributed by atoms with Crippen LogP contribution in [0.2, 0.25) is 0 Å². The minimum atomic E-state index is 0.864. The van der Waals surface area contributed by atoms with E-state index in [-0.39, 0.29) is 0 Å². The number of hydrogen-bond acceptors (Lipinski definition) is 2. The van der Waals surface area contributed by atoms with E-state index in [2.05, 4.69) is 50.2 Å². The molecule has 0 N–H and O–H groups in total. The second-order valence-corrected chi connectivity index (χ2v) is 5.46. The van der Waals surface area contributed by atoms with Gasteiger partial charge >= 0.3 is 0 Å². The molecule has 2 aromatic rings. The highest BCUT2D eigenvalue weighted by Gasteiger charge is 2.10. The molecule has 0 amide bonds. The Morgan fingerprint density at radius 1 is 0.889 bits per heavy atom. The van der Waals surface area contributed by atoms with Gasteiger partial charge in [0.2, 0.25) is 0 Å². The number of rotatable bonds is 2. The van der Waals surface area contributed by atoms with Crippen molar-refractivity contribution in [3.63, 3.8) is 0 Å². The van der Waals surface area contributed by atoms with Crippen molar-refractivity contribution in [1.29, 1.82) is 0 Å². The van der Waals surface area contributed by atoms with E-state index in [1.165, 1.54) is 38.0 Å². The van der Waals surface area contributed by atoms with Crippen LogP contribution in [0.3, 0.4) is 0 Å². The molecule has 0 saturated carbocycles. The number of anilines is 1. The van der Waals surface area contributed by atoms with E-state index < -0.39 is 0 Å². The lowest BCUT2D eigenvalue weighted by Crippen LogP contribution is -2.29. The van der Waals surface area contributed by atoms with E-state index in [0.717, 1.165) is 10.3 Å². The zero-order chi connectivity index (χ0) is 12.4. The summed E-state index contributed by atoms with van der Waals surface area (Å²) in [5, 5.41) is 4.34. The molecule has 0 aliphatic carbocycles. The maximum Gasteiger partial charge on any atom is 0.128 e. The fourth-order valence-electron chi connectivity index (χ4n) is 2.41. The smallest absolute Gasteiger partial charge is 0.128 e. The first kappa shape index (κ1) is 11.8. The van der Waals surface area contributed by atoms with Crippen LogP contribution in [-0.4, -0.2) is 22.9 Å². The molecule has 1 aliphatic heterocycles. The van der Waals surface area contributed by atoms with Crippen LogP contribution in [0.15, 0.2) is 41.1 Å². The van der Waals surface area contributed by atoms with Gasteiger partial charge in [-0.05, 0) is 65.5 Å². The number of piperidine rings is 1. The average Bonchev–Trinajstić information content (AvgIpc) is 2.87. The number of halogens is 1. The van der Waals surface area contributed by atoms with Gasteiger partial charge in [0.15, 0.2) is 0 Å². The lowest BCUT2D eigenvalue weighted by molar-refractivity contribution is 0.578. The van der Waals surface area contributed by atoms with Crippen LogP contribution in [0.25, 0.3) is 5.69 Å². The molecule has 2 heterocycles. The van der Waals surface area contributed by atoms with E-state index in [0.29, 0.717) is 0 Å². The molecular weight excluding hydrogens is 290 g/mol. The average molecular weight is 306 g/mol. The Balaban J connectivity index is 1.80. The summed E-state index contributed by atoms with van der Waals surface area (Å²) in [6, 6.07) is 10.6. The number of hydrogen-bond donors (Lipinski definition) is 0. The molecule has 0 bridgehead atoms. The van der Waals surface area contributed by atoms with Crippen LogP contribution in [0, 0.1) is 0 Å². The summed E-state index contributed by atoms with van der Waals surface area (Å²) >= 11 is 3.37. The molecule has 1 aliphatic rings. The van der Waals surface area contributed by atoms with Crippen LogP contribution < -0.4 is 4.90 Å². The Bertz CT molecular complexity index is 512. The zero-order valence-electron chi connectivity index (χ0n) is 10.2. The molecule has 4 heteroatoms. The van der Waals surface area contributed by atoms with Gasteiger partial charge in [-0.3, -0.25) is 0 Å². The molecule has 0 unspecified atom stereocenters. The Kier molecular flexibility index (Phi) is 3.37. The van der Waals surface area contributed by atoms with Gasteiger partial charge in [-0.1, -0.05) is 0 Å². The minimum Gasteiger partial charge on any atom is -0.372 e. The summed E-state index contributed by atoms with van der Waals surface area (Å²) < 4.78 is 2.74. The maximum atomic E-state index is 4.34. The third-order valence-electron chi connectivity index (χ3n) is 3.39. The molecule has 1 saturated heterocycles. The van der Waals surface area contributed by atoms with Gasteiger partial charge < -0.3 is 4.90 Å². The molecule has 3 rings (SSSR count). The van der Waals surface area contributed by atoms with Crippen LogP contribution in [0.1, 0.15) is 19.3 Å². The Morgan fingerprint density at radius 2 is 1.56 bits per heavy atom. The van der Waals surface area contributed by atoms with Crippen molar-refractivity contribution < 1.29 is 0 Å². The van der Waals surface area contributed by atoms with E-state index >= 15 is 0 Å². The highest BCUT2D eigenvalue weighted by atomic mass is 79.9. The van der Waals surface area contributed by atoms with Gasteiger partial charge in [0.25, 0.3) is 0 Å². The summed E-state index contributed by atoms with van der Waals surface area (Å²) in [6.45, 7) is 2.37.